The smallest absolute Gasteiger partial charge is 0.296 e. The summed E-state index contributed by atoms with van der Waals surface area (Å²) in [6.45, 7) is 0.223. The molecule has 9 heteroatoms. The van der Waals surface area contributed by atoms with Gasteiger partial charge in [0.25, 0.3) is 10.2 Å². The molecule has 2 rings (SSSR count). The molecule has 1 amide bonds. The van der Waals surface area contributed by atoms with Crippen molar-refractivity contribution in [2.45, 2.75) is 13.0 Å². The van der Waals surface area contributed by atoms with Crippen LogP contribution in [0.4, 0.5) is 5.69 Å². The molecule has 0 spiro atoms. The van der Waals surface area contributed by atoms with Gasteiger partial charge in [-0.05, 0) is 35.4 Å². The molecule has 0 aliphatic heterocycles. The number of benzene rings is 2. The second kappa shape index (κ2) is 7.85. The molecule has 0 aliphatic carbocycles. The van der Waals surface area contributed by atoms with Crippen LogP contribution < -0.4 is 15.2 Å². The minimum absolute atomic E-state index is 0.0492. The predicted molar refractivity (Wildman–Crippen MR) is 95.2 cm³/mol. The van der Waals surface area contributed by atoms with Crippen molar-refractivity contribution in [3.63, 3.8) is 0 Å². The van der Waals surface area contributed by atoms with Crippen LogP contribution in [0.1, 0.15) is 11.1 Å². The quantitative estimate of drug-likeness (QED) is 0.709. The Labute approximate surface area is 150 Å². The van der Waals surface area contributed by atoms with Crippen molar-refractivity contribution < 1.29 is 13.2 Å². The molecule has 0 saturated heterocycles. The molecule has 24 heavy (non-hydrogen) atoms. The predicted octanol–water partition coefficient (Wildman–Crippen LogP) is 2.47. The summed E-state index contributed by atoms with van der Waals surface area (Å²) in [6.07, 6.45) is 0.0492. The van der Waals surface area contributed by atoms with E-state index in [1.54, 1.807) is 42.5 Å². The standard InChI is InChI=1S/C15H15Cl2N3O3S/c16-13-5-2-6-14(17)12(13)8-15(21)19-9-10-3-1-4-11(7-10)20-24(18,22)23/h1-7,20H,8-9H2,(H,19,21)(H2,18,22,23). The number of anilines is 1. The van der Waals surface area contributed by atoms with Crippen LogP contribution in [-0.4, -0.2) is 14.3 Å². The first kappa shape index (κ1) is 18.5. The van der Waals surface area contributed by atoms with Crippen molar-refractivity contribution in [1.29, 1.82) is 0 Å². The van der Waals surface area contributed by atoms with Crippen molar-refractivity contribution >= 4 is 45.0 Å². The van der Waals surface area contributed by atoms with Gasteiger partial charge in [0, 0.05) is 16.6 Å². The zero-order valence-corrected chi connectivity index (χ0v) is 14.8. The van der Waals surface area contributed by atoms with Gasteiger partial charge in [0.2, 0.25) is 5.91 Å². The molecule has 0 fully saturated rings. The molecule has 128 valence electrons. The Balaban J connectivity index is 1.98. The molecule has 0 heterocycles. The highest BCUT2D eigenvalue weighted by molar-refractivity contribution is 7.90. The highest BCUT2D eigenvalue weighted by Gasteiger charge is 2.11. The Morgan fingerprint density at radius 2 is 1.71 bits per heavy atom. The normalized spacial score (nSPS) is 11.1. The van der Waals surface area contributed by atoms with Crippen molar-refractivity contribution in [3.05, 3.63) is 63.6 Å². The molecule has 6 nitrogen and oxygen atoms in total. The lowest BCUT2D eigenvalue weighted by atomic mass is 10.1. The second-order valence-electron chi connectivity index (χ2n) is 5.00. The molecule has 0 saturated carbocycles. The van der Waals surface area contributed by atoms with E-state index in [9.17, 15) is 13.2 Å². The summed E-state index contributed by atoms with van der Waals surface area (Å²) >= 11 is 12.1. The number of hydrogen-bond donors (Lipinski definition) is 3. The topological polar surface area (TPSA) is 101 Å². The lowest BCUT2D eigenvalue weighted by Gasteiger charge is -2.09. The summed E-state index contributed by atoms with van der Waals surface area (Å²) in [5.74, 6) is -0.255. The lowest BCUT2D eigenvalue weighted by Crippen LogP contribution is -2.25. The number of nitrogens with two attached hydrogens (primary N) is 1. The fraction of sp³-hybridized carbons (Fsp3) is 0.133. The maximum atomic E-state index is 12.0. The van der Waals surface area contributed by atoms with Crippen LogP contribution in [0.5, 0.6) is 0 Å². The lowest BCUT2D eigenvalue weighted by molar-refractivity contribution is -0.120. The van der Waals surface area contributed by atoms with E-state index >= 15 is 0 Å². The number of carbonyl (C=O) groups is 1. The molecule has 0 aromatic heterocycles. The van der Waals surface area contributed by atoms with Crippen LogP contribution in [0.3, 0.4) is 0 Å². The van der Waals surface area contributed by atoms with Crippen LogP contribution >= 0.6 is 23.2 Å². The summed E-state index contributed by atoms with van der Waals surface area (Å²) in [5, 5.41) is 8.50. The third kappa shape index (κ3) is 5.68. The van der Waals surface area contributed by atoms with Gasteiger partial charge in [-0.15, -0.1) is 0 Å². The monoisotopic (exact) mass is 387 g/mol. The summed E-state index contributed by atoms with van der Waals surface area (Å²) in [7, 11) is -3.84. The Morgan fingerprint density at radius 1 is 1.08 bits per heavy atom. The third-order valence-electron chi connectivity index (χ3n) is 3.08. The second-order valence-corrected chi connectivity index (χ2v) is 7.11. The SMILES string of the molecule is NS(=O)(=O)Nc1cccc(CNC(=O)Cc2c(Cl)cccc2Cl)c1. The molecule has 0 aliphatic rings. The van der Waals surface area contributed by atoms with Crippen LogP contribution in [-0.2, 0) is 28.0 Å². The maximum absolute atomic E-state index is 12.0. The summed E-state index contributed by atoms with van der Waals surface area (Å²) in [6, 6.07) is 11.6. The minimum atomic E-state index is -3.84. The van der Waals surface area contributed by atoms with Crippen LogP contribution in [0.25, 0.3) is 0 Å². The van der Waals surface area contributed by atoms with Gasteiger partial charge in [-0.1, -0.05) is 41.4 Å². The van der Waals surface area contributed by atoms with E-state index < -0.39 is 10.2 Å². The first-order valence-electron chi connectivity index (χ1n) is 6.83. The molecule has 0 atom stereocenters. The van der Waals surface area contributed by atoms with Gasteiger partial charge in [-0.3, -0.25) is 9.52 Å². The van der Waals surface area contributed by atoms with Crippen LogP contribution in [0.15, 0.2) is 42.5 Å². The number of nitrogens with one attached hydrogen (secondary N) is 2. The summed E-state index contributed by atoms with van der Waals surface area (Å²) < 4.78 is 24.2. The Bertz CT molecular complexity index is 837. The molecule has 2 aromatic rings. The average molecular weight is 388 g/mol. The fourth-order valence-electron chi connectivity index (χ4n) is 2.03. The van der Waals surface area contributed by atoms with Gasteiger partial charge < -0.3 is 5.32 Å². The van der Waals surface area contributed by atoms with Crippen LogP contribution in [0, 0.1) is 0 Å². The van der Waals surface area contributed by atoms with Gasteiger partial charge in [0.1, 0.15) is 0 Å². The van der Waals surface area contributed by atoms with E-state index in [1.807, 2.05) is 0 Å². The van der Waals surface area contributed by atoms with Gasteiger partial charge in [0.15, 0.2) is 0 Å². The molecular formula is C15H15Cl2N3O3S. The number of rotatable bonds is 6. The molecule has 0 bridgehead atoms. The van der Waals surface area contributed by atoms with Gasteiger partial charge in [0.05, 0.1) is 12.1 Å². The summed E-state index contributed by atoms with van der Waals surface area (Å²) in [4.78, 5) is 12.0. The average Bonchev–Trinajstić information content (AvgIpc) is 2.48. The van der Waals surface area contributed by atoms with E-state index in [4.69, 9.17) is 28.3 Å². The van der Waals surface area contributed by atoms with Gasteiger partial charge in [-0.2, -0.15) is 8.42 Å². The van der Waals surface area contributed by atoms with Gasteiger partial charge >= 0.3 is 0 Å². The van der Waals surface area contributed by atoms with Crippen molar-refractivity contribution in [1.82, 2.24) is 5.32 Å². The maximum Gasteiger partial charge on any atom is 0.296 e. The third-order valence-corrected chi connectivity index (χ3v) is 4.30. The van der Waals surface area contributed by atoms with Crippen molar-refractivity contribution in [2.24, 2.45) is 5.14 Å². The highest BCUT2D eigenvalue weighted by atomic mass is 35.5. The van der Waals surface area contributed by atoms with Gasteiger partial charge in [-0.25, -0.2) is 5.14 Å². The van der Waals surface area contributed by atoms with E-state index in [1.165, 1.54) is 0 Å². The zero-order valence-electron chi connectivity index (χ0n) is 12.4. The molecule has 0 radical (unpaired) electrons. The number of amides is 1. The van der Waals surface area contributed by atoms with Crippen molar-refractivity contribution in [2.75, 3.05) is 4.72 Å². The number of halogens is 2. The molecule has 4 N–H and O–H groups in total. The molecule has 2 aromatic carbocycles. The first-order chi connectivity index (χ1) is 11.2. The van der Waals surface area contributed by atoms with E-state index in [0.717, 1.165) is 0 Å². The Morgan fingerprint density at radius 3 is 2.33 bits per heavy atom. The highest BCUT2D eigenvalue weighted by Crippen LogP contribution is 2.24. The van der Waals surface area contributed by atoms with Crippen LogP contribution in [0.2, 0.25) is 10.0 Å². The summed E-state index contributed by atoms with van der Waals surface area (Å²) in [5.41, 5.74) is 1.59. The number of hydrogen-bond acceptors (Lipinski definition) is 3. The Kier molecular flexibility index (Phi) is 6.06. The Hall–Kier alpha value is -1.80. The van der Waals surface area contributed by atoms with E-state index in [0.29, 0.717) is 26.9 Å². The zero-order chi connectivity index (χ0) is 17.7. The fourth-order valence-corrected chi connectivity index (χ4v) is 3.02. The van der Waals surface area contributed by atoms with Crippen molar-refractivity contribution in [3.8, 4) is 0 Å². The van der Waals surface area contributed by atoms with E-state index in [-0.39, 0.29) is 18.9 Å². The largest absolute Gasteiger partial charge is 0.352 e. The molecular weight excluding hydrogens is 373 g/mol. The first-order valence-corrected chi connectivity index (χ1v) is 9.14. The van der Waals surface area contributed by atoms with E-state index in [2.05, 4.69) is 10.0 Å². The minimum Gasteiger partial charge on any atom is -0.352 e. The number of carbonyl (C=O) groups excluding carboxylic acids is 1. The molecule has 0 unspecified atom stereocenters.